The molecule has 1 aliphatic rings. The van der Waals surface area contributed by atoms with Crippen LogP contribution in [0.15, 0.2) is 11.0 Å². The molecule has 0 spiro atoms. The molecule has 0 saturated carbocycles. The topological polar surface area (TPSA) is 59.4 Å². The van der Waals surface area contributed by atoms with E-state index in [1.807, 2.05) is 18.9 Å². The number of ether oxygens (including phenoxy) is 1. The highest BCUT2D eigenvalue weighted by atomic mass is 35.5. The van der Waals surface area contributed by atoms with Gasteiger partial charge in [0.2, 0.25) is 0 Å². The third-order valence-corrected chi connectivity index (χ3v) is 3.65. The van der Waals surface area contributed by atoms with Gasteiger partial charge in [-0.1, -0.05) is 18.5 Å². The Balaban J connectivity index is 2.11. The zero-order chi connectivity index (χ0) is 14.5. The second kappa shape index (κ2) is 7.06. The zero-order valence-electron chi connectivity index (χ0n) is 11.9. The monoisotopic (exact) mass is 300 g/mol. The van der Waals surface area contributed by atoms with Gasteiger partial charge in [-0.05, 0) is 6.42 Å². The molecule has 1 atom stereocenters. The van der Waals surface area contributed by atoms with Crippen molar-refractivity contribution in [3.05, 3.63) is 21.6 Å². The number of hydrogen-bond donors (Lipinski definition) is 1. The number of halogens is 1. The number of aromatic nitrogens is 2. The number of likely N-dealkylation sites (N-methyl/N-ethyl adjacent to an activating group) is 1. The van der Waals surface area contributed by atoms with E-state index in [1.54, 1.807) is 6.20 Å². The summed E-state index contributed by atoms with van der Waals surface area (Å²) >= 11 is 6.18. The van der Waals surface area contributed by atoms with Crippen LogP contribution in [0.2, 0.25) is 5.02 Å². The summed E-state index contributed by atoms with van der Waals surface area (Å²) in [6.07, 6.45) is 2.60. The van der Waals surface area contributed by atoms with Crippen molar-refractivity contribution in [1.29, 1.82) is 0 Å². The quantitative estimate of drug-likeness (QED) is 0.869. The lowest BCUT2D eigenvalue weighted by Gasteiger charge is -2.29. The van der Waals surface area contributed by atoms with E-state index in [0.717, 1.165) is 19.5 Å². The van der Waals surface area contributed by atoms with Crippen molar-refractivity contribution < 1.29 is 4.74 Å². The standard InChI is InChI=1S/C13H21ClN4O2/c1-3-5-18-13(19)12(14)11(8-16-18)17(2)9-10-7-15-4-6-20-10/h8,10,15H,3-7,9H2,1-2H3. The third-order valence-electron chi connectivity index (χ3n) is 3.30. The fraction of sp³-hybridized carbons (Fsp3) is 0.692. The number of nitrogens with zero attached hydrogens (tertiary/aromatic N) is 3. The van der Waals surface area contributed by atoms with E-state index in [4.69, 9.17) is 16.3 Å². The number of nitrogens with one attached hydrogen (secondary N) is 1. The van der Waals surface area contributed by atoms with Crippen molar-refractivity contribution in [1.82, 2.24) is 15.1 Å². The van der Waals surface area contributed by atoms with Gasteiger partial charge in [0.25, 0.3) is 5.56 Å². The lowest BCUT2D eigenvalue weighted by atomic mass is 10.2. The summed E-state index contributed by atoms with van der Waals surface area (Å²) in [5, 5.41) is 7.66. The minimum absolute atomic E-state index is 0.0999. The molecule has 1 aliphatic heterocycles. The third kappa shape index (κ3) is 3.50. The Morgan fingerprint density at radius 1 is 1.65 bits per heavy atom. The molecule has 2 rings (SSSR count). The first-order valence-corrected chi connectivity index (χ1v) is 7.30. The van der Waals surface area contributed by atoms with E-state index in [2.05, 4.69) is 10.4 Å². The number of rotatable bonds is 5. The molecule has 1 unspecified atom stereocenters. The molecule has 112 valence electrons. The summed E-state index contributed by atoms with van der Waals surface area (Å²) in [7, 11) is 1.89. The minimum atomic E-state index is -0.236. The summed E-state index contributed by atoms with van der Waals surface area (Å²) in [5.41, 5.74) is 0.416. The van der Waals surface area contributed by atoms with Gasteiger partial charge in [-0.2, -0.15) is 5.10 Å². The van der Waals surface area contributed by atoms with Gasteiger partial charge in [-0.25, -0.2) is 4.68 Å². The Hall–Kier alpha value is -1.11. The lowest BCUT2D eigenvalue weighted by Crippen LogP contribution is -2.44. The first-order valence-electron chi connectivity index (χ1n) is 6.92. The highest BCUT2D eigenvalue weighted by molar-refractivity contribution is 6.33. The van der Waals surface area contributed by atoms with Gasteiger partial charge in [-0.3, -0.25) is 4.79 Å². The molecule has 1 aromatic rings. The first-order chi connectivity index (χ1) is 9.63. The molecule has 1 N–H and O–H groups in total. The van der Waals surface area contributed by atoms with Gasteiger partial charge in [0.05, 0.1) is 24.6 Å². The molecule has 0 radical (unpaired) electrons. The van der Waals surface area contributed by atoms with Gasteiger partial charge >= 0.3 is 0 Å². The van der Waals surface area contributed by atoms with Crippen molar-refractivity contribution in [2.75, 3.05) is 38.2 Å². The van der Waals surface area contributed by atoms with Gasteiger partial charge in [0.1, 0.15) is 5.02 Å². The summed E-state index contributed by atoms with van der Waals surface area (Å²) in [5.74, 6) is 0. The van der Waals surface area contributed by atoms with E-state index < -0.39 is 0 Å². The maximum atomic E-state index is 12.1. The van der Waals surface area contributed by atoms with Crippen molar-refractivity contribution in [3.8, 4) is 0 Å². The Morgan fingerprint density at radius 3 is 3.10 bits per heavy atom. The van der Waals surface area contributed by atoms with Crippen LogP contribution < -0.4 is 15.8 Å². The van der Waals surface area contributed by atoms with Crippen LogP contribution in [0.3, 0.4) is 0 Å². The predicted molar refractivity (Wildman–Crippen MR) is 79.7 cm³/mol. The maximum Gasteiger partial charge on any atom is 0.287 e. The van der Waals surface area contributed by atoms with Crippen molar-refractivity contribution in [3.63, 3.8) is 0 Å². The van der Waals surface area contributed by atoms with Gasteiger partial charge < -0.3 is 15.0 Å². The molecule has 0 amide bonds. The molecule has 20 heavy (non-hydrogen) atoms. The minimum Gasteiger partial charge on any atom is -0.374 e. The van der Waals surface area contributed by atoms with Crippen LogP contribution in [-0.2, 0) is 11.3 Å². The summed E-state index contributed by atoms with van der Waals surface area (Å²) in [4.78, 5) is 14.0. The fourth-order valence-electron chi connectivity index (χ4n) is 2.23. The van der Waals surface area contributed by atoms with Gasteiger partial charge in [-0.15, -0.1) is 0 Å². The Labute approximate surface area is 123 Å². The van der Waals surface area contributed by atoms with E-state index in [-0.39, 0.29) is 16.7 Å². The summed E-state index contributed by atoms with van der Waals surface area (Å²) in [6, 6.07) is 0. The largest absolute Gasteiger partial charge is 0.374 e. The van der Waals surface area contributed by atoms with Gasteiger partial charge in [0.15, 0.2) is 0 Å². The fourth-order valence-corrected chi connectivity index (χ4v) is 2.52. The molecule has 1 fully saturated rings. The molecular weight excluding hydrogens is 280 g/mol. The highest BCUT2D eigenvalue weighted by Gasteiger charge is 2.19. The van der Waals surface area contributed by atoms with Crippen molar-refractivity contribution >= 4 is 17.3 Å². The lowest BCUT2D eigenvalue weighted by molar-refractivity contribution is 0.0340. The van der Waals surface area contributed by atoms with Crippen LogP contribution in [0.1, 0.15) is 13.3 Å². The van der Waals surface area contributed by atoms with E-state index in [1.165, 1.54) is 4.68 Å². The highest BCUT2D eigenvalue weighted by Crippen LogP contribution is 2.20. The average Bonchev–Trinajstić information content (AvgIpc) is 2.45. The second-order valence-corrected chi connectivity index (χ2v) is 5.33. The molecule has 0 aliphatic carbocycles. The summed E-state index contributed by atoms with van der Waals surface area (Å²) < 4.78 is 7.05. The first kappa shape index (κ1) is 15.3. The van der Waals surface area contributed by atoms with Crippen LogP contribution >= 0.6 is 11.6 Å². The molecular formula is C13H21ClN4O2. The average molecular weight is 301 g/mol. The number of hydrogen-bond acceptors (Lipinski definition) is 5. The Bertz CT molecular complexity index is 500. The molecule has 0 aromatic carbocycles. The van der Waals surface area contributed by atoms with E-state index in [0.29, 0.717) is 25.4 Å². The Morgan fingerprint density at radius 2 is 2.45 bits per heavy atom. The van der Waals surface area contributed by atoms with Crippen LogP contribution in [-0.4, -0.2) is 49.2 Å². The van der Waals surface area contributed by atoms with Crippen molar-refractivity contribution in [2.45, 2.75) is 26.0 Å². The normalized spacial score (nSPS) is 19.1. The molecule has 1 aromatic heterocycles. The van der Waals surface area contributed by atoms with Crippen LogP contribution in [0.4, 0.5) is 5.69 Å². The molecule has 1 saturated heterocycles. The molecule has 7 heteroatoms. The molecule has 2 heterocycles. The smallest absolute Gasteiger partial charge is 0.287 e. The SMILES string of the molecule is CCCn1ncc(N(C)CC2CNCCO2)c(Cl)c1=O. The molecule has 0 bridgehead atoms. The van der Waals surface area contributed by atoms with E-state index in [9.17, 15) is 4.79 Å². The van der Waals surface area contributed by atoms with E-state index >= 15 is 0 Å². The van der Waals surface area contributed by atoms with Crippen molar-refractivity contribution in [2.24, 2.45) is 0 Å². The van der Waals surface area contributed by atoms with Crippen LogP contribution in [0.25, 0.3) is 0 Å². The zero-order valence-corrected chi connectivity index (χ0v) is 12.7. The predicted octanol–water partition coefficient (Wildman–Crippen LogP) is 0.731. The Kier molecular flexibility index (Phi) is 5.39. The summed E-state index contributed by atoms with van der Waals surface area (Å²) in [6.45, 7) is 5.65. The maximum absolute atomic E-state index is 12.1. The van der Waals surface area contributed by atoms with Gasteiger partial charge in [0, 0.05) is 33.2 Å². The number of anilines is 1. The number of morpholine rings is 1. The second-order valence-electron chi connectivity index (χ2n) is 4.95. The van der Waals surface area contributed by atoms with Crippen LogP contribution in [0, 0.1) is 0 Å². The number of aryl methyl sites for hydroxylation is 1. The van der Waals surface area contributed by atoms with Crippen LogP contribution in [0.5, 0.6) is 0 Å². The molecule has 6 nitrogen and oxygen atoms in total.